The molecule has 108 valence electrons. The van der Waals surface area contributed by atoms with Crippen molar-refractivity contribution in [2.75, 3.05) is 31.0 Å². The molecule has 0 bridgehead atoms. The van der Waals surface area contributed by atoms with Gasteiger partial charge in [0.2, 0.25) is 0 Å². The molecular weight excluding hydrogens is 271 g/mol. The first kappa shape index (κ1) is 15.6. The summed E-state index contributed by atoms with van der Waals surface area (Å²) in [6.07, 6.45) is 1.17. The number of benzene rings is 1. The quantitative estimate of drug-likeness (QED) is 0.806. The second kappa shape index (κ2) is 5.24. The van der Waals surface area contributed by atoms with Gasteiger partial charge in [-0.3, -0.25) is 0 Å². The van der Waals surface area contributed by atoms with Crippen LogP contribution in [0.5, 0.6) is 5.75 Å². The average molecular weight is 290 g/mol. The van der Waals surface area contributed by atoms with E-state index in [1.165, 1.54) is 19.4 Å². The molecule has 0 amide bonds. The Morgan fingerprint density at radius 1 is 1.42 bits per heavy atom. The summed E-state index contributed by atoms with van der Waals surface area (Å²) in [5.41, 5.74) is 6.31. The van der Waals surface area contributed by atoms with E-state index in [0.717, 1.165) is 6.07 Å². The summed E-state index contributed by atoms with van der Waals surface area (Å²) in [7, 11) is -1.87. The Balaban J connectivity index is 2.96. The lowest BCUT2D eigenvalue weighted by molar-refractivity contribution is 0.387. The van der Waals surface area contributed by atoms with Crippen LogP contribution in [0.25, 0.3) is 0 Å². The maximum atomic E-state index is 13.4. The molecule has 1 aromatic rings. The largest absolute Gasteiger partial charge is 0.494 e. The molecule has 0 aromatic heterocycles. The van der Waals surface area contributed by atoms with Gasteiger partial charge in [0.25, 0.3) is 0 Å². The highest BCUT2D eigenvalue weighted by molar-refractivity contribution is 7.92. The summed E-state index contributed by atoms with van der Waals surface area (Å²) in [6.45, 7) is 3.36. The van der Waals surface area contributed by atoms with Crippen LogP contribution in [0, 0.1) is 5.82 Å². The lowest BCUT2D eigenvalue weighted by Gasteiger charge is -2.24. The Labute approximate surface area is 112 Å². The molecule has 0 saturated carbocycles. The normalized spacial score (nSPS) is 12.3. The number of halogens is 1. The van der Waals surface area contributed by atoms with E-state index < -0.39 is 20.4 Å². The van der Waals surface area contributed by atoms with Gasteiger partial charge in [-0.15, -0.1) is 0 Å². The molecule has 0 aliphatic carbocycles. The Morgan fingerprint density at radius 3 is 2.47 bits per heavy atom. The summed E-state index contributed by atoms with van der Waals surface area (Å²) >= 11 is 0. The van der Waals surface area contributed by atoms with Crippen LogP contribution in [0.4, 0.5) is 15.8 Å². The smallest absolute Gasteiger partial charge is 0.167 e. The van der Waals surface area contributed by atoms with Crippen LogP contribution in [0.3, 0.4) is 0 Å². The third kappa shape index (κ3) is 3.50. The minimum atomic E-state index is -3.22. The van der Waals surface area contributed by atoms with Crippen molar-refractivity contribution in [3.63, 3.8) is 0 Å². The molecule has 0 unspecified atom stereocenters. The number of nitrogen functional groups attached to an aromatic ring is 1. The summed E-state index contributed by atoms with van der Waals surface area (Å²) < 4.78 is 40.4. The van der Waals surface area contributed by atoms with E-state index in [1.54, 1.807) is 13.8 Å². The van der Waals surface area contributed by atoms with Crippen LogP contribution in [-0.2, 0) is 9.84 Å². The lowest BCUT2D eigenvalue weighted by Crippen LogP contribution is -2.38. The summed E-state index contributed by atoms with van der Waals surface area (Å²) in [5, 5.41) is 2.91. The predicted octanol–water partition coefficient (Wildman–Crippen LogP) is 1.65. The third-order valence-electron chi connectivity index (χ3n) is 3.03. The van der Waals surface area contributed by atoms with E-state index >= 15 is 0 Å². The van der Waals surface area contributed by atoms with Gasteiger partial charge < -0.3 is 15.8 Å². The number of sulfone groups is 1. The van der Waals surface area contributed by atoms with Crippen molar-refractivity contribution in [3.05, 3.63) is 17.9 Å². The molecule has 19 heavy (non-hydrogen) atoms. The highest BCUT2D eigenvalue weighted by Gasteiger charge is 2.30. The van der Waals surface area contributed by atoms with E-state index in [0.29, 0.717) is 5.69 Å². The molecule has 0 radical (unpaired) electrons. The van der Waals surface area contributed by atoms with E-state index in [-0.39, 0.29) is 18.0 Å². The summed E-state index contributed by atoms with van der Waals surface area (Å²) in [4.78, 5) is 0. The monoisotopic (exact) mass is 290 g/mol. The third-order valence-corrected chi connectivity index (χ3v) is 5.18. The molecule has 0 saturated heterocycles. The van der Waals surface area contributed by atoms with Gasteiger partial charge in [-0.05, 0) is 13.8 Å². The second-order valence-electron chi connectivity index (χ2n) is 4.96. The van der Waals surface area contributed by atoms with E-state index in [2.05, 4.69) is 5.32 Å². The maximum absolute atomic E-state index is 13.4. The van der Waals surface area contributed by atoms with Crippen LogP contribution in [-0.4, -0.2) is 33.1 Å². The fourth-order valence-corrected chi connectivity index (χ4v) is 1.65. The molecule has 7 heteroatoms. The topological polar surface area (TPSA) is 81.4 Å². The molecule has 1 rings (SSSR count). The molecule has 1 aromatic carbocycles. The SMILES string of the molecule is COc1cc(NCC(C)(C)S(C)(=O)=O)c(N)cc1F. The van der Waals surface area contributed by atoms with Crippen molar-refractivity contribution >= 4 is 21.2 Å². The number of nitrogens with two attached hydrogens (primary N) is 1. The van der Waals surface area contributed by atoms with Crippen molar-refractivity contribution in [3.8, 4) is 5.75 Å². The highest BCUT2D eigenvalue weighted by atomic mass is 32.2. The van der Waals surface area contributed by atoms with Gasteiger partial charge in [0, 0.05) is 24.9 Å². The summed E-state index contributed by atoms with van der Waals surface area (Å²) in [6, 6.07) is 2.54. The molecule has 0 atom stereocenters. The van der Waals surface area contributed by atoms with Crippen molar-refractivity contribution in [1.82, 2.24) is 0 Å². The number of hydrogen-bond donors (Lipinski definition) is 2. The van der Waals surface area contributed by atoms with Gasteiger partial charge in [-0.25, -0.2) is 12.8 Å². The zero-order valence-electron chi connectivity index (χ0n) is 11.5. The summed E-state index contributed by atoms with van der Waals surface area (Å²) in [5.74, 6) is -0.512. The molecule has 0 heterocycles. The zero-order chi connectivity index (χ0) is 14.8. The minimum Gasteiger partial charge on any atom is -0.494 e. The Bertz CT molecular complexity index is 571. The van der Waals surface area contributed by atoms with Crippen molar-refractivity contribution < 1.29 is 17.5 Å². The average Bonchev–Trinajstić information content (AvgIpc) is 2.26. The number of anilines is 2. The zero-order valence-corrected chi connectivity index (χ0v) is 12.3. The second-order valence-corrected chi connectivity index (χ2v) is 7.61. The number of methoxy groups -OCH3 is 1. The van der Waals surface area contributed by atoms with Gasteiger partial charge in [0.1, 0.15) is 0 Å². The first-order valence-corrected chi connectivity index (χ1v) is 7.54. The van der Waals surface area contributed by atoms with Crippen LogP contribution in [0.15, 0.2) is 12.1 Å². The molecule has 3 N–H and O–H groups in total. The molecule has 5 nitrogen and oxygen atoms in total. The van der Waals surface area contributed by atoms with E-state index in [1.807, 2.05) is 0 Å². The van der Waals surface area contributed by atoms with Gasteiger partial charge in [0.15, 0.2) is 21.4 Å². The number of rotatable bonds is 5. The standard InChI is InChI=1S/C12H19FN2O3S/c1-12(2,19(4,16)17)7-15-10-6-11(18-3)8(13)5-9(10)14/h5-6,15H,7,14H2,1-4H3. The van der Waals surface area contributed by atoms with Gasteiger partial charge in [-0.2, -0.15) is 0 Å². The van der Waals surface area contributed by atoms with Crippen LogP contribution in [0.1, 0.15) is 13.8 Å². The molecule has 0 fully saturated rings. The maximum Gasteiger partial charge on any atom is 0.167 e. The van der Waals surface area contributed by atoms with Gasteiger partial charge in [-0.1, -0.05) is 0 Å². The predicted molar refractivity (Wildman–Crippen MR) is 74.8 cm³/mol. The fraction of sp³-hybridized carbons (Fsp3) is 0.500. The molecular formula is C12H19FN2O3S. The Kier molecular flexibility index (Phi) is 4.29. The highest BCUT2D eigenvalue weighted by Crippen LogP contribution is 2.28. The van der Waals surface area contributed by atoms with Crippen LogP contribution in [0.2, 0.25) is 0 Å². The Morgan fingerprint density at radius 2 is 2.00 bits per heavy atom. The van der Waals surface area contributed by atoms with Gasteiger partial charge >= 0.3 is 0 Å². The first-order chi connectivity index (χ1) is 8.58. The Hall–Kier alpha value is -1.50. The number of ether oxygens (including phenoxy) is 1. The van der Waals surface area contributed by atoms with Crippen molar-refractivity contribution in [2.45, 2.75) is 18.6 Å². The van der Waals surface area contributed by atoms with Crippen LogP contribution >= 0.6 is 0 Å². The van der Waals surface area contributed by atoms with Crippen LogP contribution < -0.4 is 15.8 Å². The number of nitrogens with one attached hydrogen (secondary N) is 1. The minimum absolute atomic E-state index is 0.0499. The van der Waals surface area contributed by atoms with Gasteiger partial charge in [0.05, 0.1) is 23.2 Å². The first-order valence-electron chi connectivity index (χ1n) is 5.65. The van der Waals surface area contributed by atoms with E-state index in [4.69, 9.17) is 10.5 Å². The molecule has 0 spiro atoms. The molecule has 0 aliphatic heterocycles. The van der Waals surface area contributed by atoms with Crippen molar-refractivity contribution in [2.24, 2.45) is 0 Å². The lowest BCUT2D eigenvalue weighted by atomic mass is 10.2. The fourth-order valence-electron chi connectivity index (χ4n) is 1.32. The number of hydrogen-bond acceptors (Lipinski definition) is 5. The van der Waals surface area contributed by atoms with Crippen molar-refractivity contribution in [1.29, 1.82) is 0 Å². The van der Waals surface area contributed by atoms with E-state index in [9.17, 15) is 12.8 Å². The molecule has 0 aliphatic rings.